The van der Waals surface area contributed by atoms with Gasteiger partial charge in [0.25, 0.3) is 0 Å². The zero-order valence-corrected chi connectivity index (χ0v) is 18.9. The van der Waals surface area contributed by atoms with Crippen LogP contribution >= 0.6 is 0 Å². The van der Waals surface area contributed by atoms with E-state index in [2.05, 4.69) is 5.32 Å². The average molecular weight is 436 g/mol. The van der Waals surface area contributed by atoms with Crippen molar-refractivity contribution >= 4 is 17.7 Å². The number of rotatable bonds is 10. The van der Waals surface area contributed by atoms with Crippen LogP contribution in [0, 0.1) is 5.41 Å². The van der Waals surface area contributed by atoms with Crippen molar-refractivity contribution in [3.05, 3.63) is 71.3 Å². The van der Waals surface area contributed by atoms with E-state index in [0.29, 0.717) is 18.5 Å². The van der Waals surface area contributed by atoms with E-state index in [-0.39, 0.29) is 24.3 Å². The average Bonchev–Trinajstić information content (AvgIpc) is 2.81. The zero-order valence-electron chi connectivity index (χ0n) is 18.9. The number of ketones is 1. The molecule has 0 saturated heterocycles. The molecule has 1 N–H and O–H groups in total. The maximum absolute atomic E-state index is 13.1. The molecular weight excluding hydrogens is 402 g/mol. The SMILES string of the molecule is CC(=O)NCCCc1ccc(C(=O)COC(=O)C2(Cc3ccccc3)CCCCC2)cc1. The van der Waals surface area contributed by atoms with Gasteiger partial charge in [0, 0.05) is 19.0 Å². The Balaban J connectivity index is 1.54. The minimum absolute atomic E-state index is 0.0285. The van der Waals surface area contributed by atoms with Gasteiger partial charge in [0.05, 0.1) is 5.41 Å². The molecule has 0 radical (unpaired) electrons. The second kappa shape index (κ2) is 11.6. The van der Waals surface area contributed by atoms with Gasteiger partial charge in [0.1, 0.15) is 0 Å². The highest BCUT2D eigenvalue weighted by Crippen LogP contribution is 2.40. The van der Waals surface area contributed by atoms with Gasteiger partial charge in [-0.25, -0.2) is 0 Å². The molecule has 5 nitrogen and oxygen atoms in total. The lowest BCUT2D eigenvalue weighted by Crippen LogP contribution is -2.38. The first-order valence-corrected chi connectivity index (χ1v) is 11.6. The Morgan fingerprint density at radius 1 is 0.906 bits per heavy atom. The number of Topliss-reactive ketones (excluding diaryl/α,β-unsaturated/α-hetero) is 1. The van der Waals surface area contributed by atoms with Crippen LogP contribution in [-0.2, 0) is 27.2 Å². The summed E-state index contributed by atoms with van der Waals surface area (Å²) in [5.74, 6) is -0.461. The molecule has 3 rings (SSSR count). The number of amides is 1. The van der Waals surface area contributed by atoms with Gasteiger partial charge in [0.15, 0.2) is 12.4 Å². The molecule has 0 heterocycles. The summed E-state index contributed by atoms with van der Waals surface area (Å²) in [4.78, 5) is 36.6. The second-order valence-electron chi connectivity index (χ2n) is 8.79. The number of nitrogens with one attached hydrogen (secondary N) is 1. The van der Waals surface area contributed by atoms with Gasteiger partial charge >= 0.3 is 5.97 Å². The zero-order chi connectivity index (χ0) is 22.8. The van der Waals surface area contributed by atoms with E-state index < -0.39 is 5.41 Å². The van der Waals surface area contributed by atoms with Gasteiger partial charge < -0.3 is 10.1 Å². The molecule has 1 saturated carbocycles. The molecule has 2 aromatic carbocycles. The molecule has 170 valence electrons. The highest BCUT2D eigenvalue weighted by molar-refractivity contribution is 5.98. The van der Waals surface area contributed by atoms with Crippen LogP contribution in [0.15, 0.2) is 54.6 Å². The topological polar surface area (TPSA) is 72.5 Å². The lowest BCUT2D eigenvalue weighted by Gasteiger charge is -2.35. The Bertz CT molecular complexity index is 899. The van der Waals surface area contributed by atoms with E-state index in [1.54, 1.807) is 12.1 Å². The molecule has 0 atom stereocenters. The van der Waals surface area contributed by atoms with Gasteiger partial charge in [-0.1, -0.05) is 73.9 Å². The highest BCUT2D eigenvalue weighted by atomic mass is 16.5. The van der Waals surface area contributed by atoms with Crippen LogP contribution in [0.4, 0.5) is 0 Å². The Kier molecular flexibility index (Phi) is 8.60. The van der Waals surface area contributed by atoms with Crippen molar-refractivity contribution in [1.82, 2.24) is 5.32 Å². The maximum Gasteiger partial charge on any atom is 0.312 e. The van der Waals surface area contributed by atoms with Gasteiger partial charge in [-0.05, 0) is 43.2 Å². The molecule has 0 unspecified atom stereocenters. The molecule has 1 aliphatic rings. The van der Waals surface area contributed by atoms with Gasteiger partial charge in [0.2, 0.25) is 5.91 Å². The van der Waals surface area contributed by atoms with Crippen molar-refractivity contribution in [1.29, 1.82) is 0 Å². The molecule has 1 fully saturated rings. The standard InChI is InChI=1S/C27H33NO4/c1-21(29)28-18-8-11-22-12-14-24(15-13-22)25(30)20-32-26(31)27(16-6-3-7-17-27)19-23-9-4-2-5-10-23/h2,4-5,9-10,12-15H,3,6-8,11,16-20H2,1H3,(H,28,29). The number of aryl methyl sites for hydroxylation is 1. The first-order chi connectivity index (χ1) is 15.5. The molecule has 0 bridgehead atoms. The summed E-state index contributed by atoms with van der Waals surface area (Å²) in [6, 6.07) is 17.5. The monoisotopic (exact) mass is 435 g/mol. The largest absolute Gasteiger partial charge is 0.457 e. The Morgan fingerprint density at radius 2 is 1.59 bits per heavy atom. The maximum atomic E-state index is 13.1. The fourth-order valence-corrected chi connectivity index (χ4v) is 4.45. The molecule has 32 heavy (non-hydrogen) atoms. The summed E-state index contributed by atoms with van der Waals surface area (Å²) in [6.07, 6.45) is 7.11. The molecule has 5 heteroatoms. The Morgan fingerprint density at radius 3 is 2.25 bits per heavy atom. The van der Waals surface area contributed by atoms with E-state index in [0.717, 1.165) is 56.1 Å². The van der Waals surface area contributed by atoms with E-state index in [1.807, 2.05) is 42.5 Å². The van der Waals surface area contributed by atoms with Crippen LogP contribution in [0.2, 0.25) is 0 Å². The Hall–Kier alpha value is -2.95. The molecule has 0 aliphatic heterocycles. The summed E-state index contributed by atoms with van der Waals surface area (Å²) in [7, 11) is 0. The molecular formula is C27H33NO4. The van der Waals surface area contributed by atoms with E-state index in [1.165, 1.54) is 6.92 Å². The van der Waals surface area contributed by atoms with E-state index >= 15 is 0 Å². The lowest BCUT2D eigenvalue weighted by atomic mass is 9.70. The van der Waals surface area contributed by atoms with Crippen molar-refractivity contribution < 1.29 is 19.1 Å². The minimum Gasteiger partial charge on any atom is -0.457 e. The van der Waals surface area contributed by atoms with Crippen LogP contribution < -0.4 is 5.32 Å². The summed E-state index contributed by atoms with van der Waals surface area (Å²) < 4.78 is 5.58. The molecule has 1 amide bonds. The van der Waals surface area contributed by atoms with Crippen molar-refractivity contribution in [3.8, 4) is 0 Å². The summed E-state index contributed by atoms with van der Waals surface area (Å²) in [5.41, 5.74) is 2.25. The van der Waals surface area contributed by atoms with Crippen LogP contribution in [-0.4, -0.2) is 30.8 Å². The van der Waals surface area contributed by atoms with E-state index in [4.69, 9.17) is 4.74 Å². The molecule has 1 aliphatic carbocycles. The van der Waals surface area contributed by atoms with Crippen LogP contribution in [0.3, 0.4) is 0 Å². The van der Waals surface area contributed by atoms with Crippen LogP contribution in [0.5, 0.6) is 0 Å². The normalized spacial score (nSPS) is 15.0. The fourth-order valence-electron chi connectivity index (χ4n) is 4.45. The second-order valence-corrected chi connectivity index (χ2v) is 8.79. The number of hydrogen-bond acceptors (Lipinski definition) is 4. The van der Waals surface area contributed by atoms with Crippen LogP contribution in [0.1, 0.15) is 66.9 Å². The number of hydrogen-bond donors (Lipinski definition) is 1. The number of esters is 1. The molecule has 0 spiro atoms. The third-order valence-corrected chi connectivity index (χ3v) is 6.26. The van der Waals surface area contributed by atoms with Gasteiger partial charge in [-0.2, -0.15) is 0 Å². The Labute approximate surface area is 190 Å². The van der Waals surface area contributed by atoms with Crippen molar-refractivity contribution in [3.63, 3.8) is 0 Å². The summed E-state index contributed by atoms with van der Waals surface area (Å²) >= 11 is 0. The highest BCUT2D eigenvalue weighted by Gasteiger charge is 2.41. The number of carbonyl (C=O) groups is 3. The fraction of sp³-hybridized carbons (Fsp3) is 0.444. The van der Waals surface area contributed by atoms with Crippen molar-refractivity contribution in [2.45, 2.75) is 58.3 Å². The first-order valence-electron chi connectivity index (χ1n) is 11.6. The number of ether oxygens (including phenoxy) is 1. The minimum atomic E-state index is -0.530. The number of benzene rings is 2. The quantitative estimate of drug-likeness (QED) is 0.334. The van der Waals surface area contributed by atoms with Gasteiger partial charge in [-0.3, -0.25) is 14.4 Å². The predicted octanol–water partition coefficient (Wildman–Crippen LogP) is 4.67. The van der Waals surface area contributed by atoms with Crippen molar-refractivity contribution in [2.75, 3.05) is 13.2 Å². The lowest BCUT2D eigenvalue weighted by molar-refractivity contribution is -0.157. The molecule has 2 aromatic rings. The summed E-state index contributed by atoms with van der Waals surface area (Å²) in [6.45, 7) is 1.92. The van der Waals surface area contributed by atoms with Crippen molar-refractivity contribution in [2.24, 2.45) is 5.41 Å². The first kappa shape index (κ1) is 23.7. The van der Waals surface area contributed by atoms with Crippen LogP contribution in [0.25, 0.3) is 0 Å². The third-order valence-electron chi connectivity index (χ3n) is 6.26. The van der Waals surface area contributed by atoms with Gasteiger partial charge in [-0.15, -0.1) is 0 Å². The molecule has 0 aromatic heterocycles. The smallest absolute Gasteiger partial charge is 0.312 e. The predicted molar refractivity (Wildman–Crippen MR) is 124 cm³/mol. The summed E-state index contributed by atoms with van der Waals surface area (Å²) in [5, 5.41) is 2.78. The van der Waals surface area contributed by atoms with E-state index in [9.17, 15) is 14.4 Å². The third kappa shape index (κ3) is 6.78. The number of carbonyl (C=O) groups excluding carboxylic acids is 3.